The Morgan fingerprint density at radius 3 is 2.08 bits per heavy atom. The van der Waals surface area contributed by atoms with Gasteiger partial charge >= 0.3 is 5.97 Å². The first-order valence-electron chi connectivity index (χ1n) is 8.10. The highest BCUT2D eigenvalue weighted by Gasteiger charge is 2.15. The lowest BCUT2D eigenvalue weighted by atomic mass is 10.0. The summed E-state index contributed by atoms with van der Waals surface area (Å²) in [5.41, 5.74) is 2.04. The number of ketones is 1. The largest absolute Gasteiger partial charge is 0.464 e. The second-order valence-electron chi connectivity index (χ2n) is 6.16. The second-order valence-corrected chi connectivity index (χ2v) is 6.16. The zero-order valence-electron chi connectivity index (χ0n) is 14.3. The number of esters is 1. The summed E-state index contributed by atoms with van der Waals surface area (Å²) in [6.45, 7) is 6.16. The van der Waals surface area contributed by atoms with Crippen molar-refractivity contribution in [2.75, 3.05) is 11.9 Å². The maximum atomic E-state index is 12.3. The summed E-state index contributed by atoms with van der Waals surface area (Å²) in [4.78, 5) is 24.2. The monoisotopic (exact) mass is 325 g/mol. The number of ether oxygens (including phenoxy) is 1. The lowest BCUT2D eigenvalue weighted by molar-refractivity contribution is -0.145. The Bertz CT molecular complexity index is 678. The molecule has 0 heterocycles. The Labute approximate surface area is 142 Å². The molecule has 0 spiro atoms. The maximum Gasteiger partial charge on any atom is 0.328 e. The molecule has 4 heteroatoms. The van der Waals surface area contributed by atoms with Gasteiger partial charge in [-0.15, -0.1) is 0 Å². The van der Waals surface area contributed by atoms with Crippen molar-refractivity contribution >= 4 is 17.4 Å². The highest BCUT2D eigenvalue weighted by molar-refractivity contribution is 6.09. The SMILES string of the molecule is CC(C)COC(=O)[C@H](C)Nc1ccc(C(=O)c2ccccc2)cc1. The van der Waals surface area contributed by atoms with Crippen LogP contribution in [0, 0.1) is 5.92 Å². The molecular formula is C20H23NO3. The Morgan fingerprint density at radius 2 is 1.50 bits per heavy atom. The van der Waals surface area contributed by atoms with Gasteiger partial charge in [-0.1, -0.05) is 44.2 Å². The molecule has 0 fully saturated rings. The highest BCUT2D eigenvalue weighted by Crippen LogP contribution is 2.15. The van der Waals surface area contributed by atoms with E-state index in [0.717, 1.165) is 5.69 Å². The molecule has 2 aromatic rings. The first-order chi connectivity index (χ1) is 11.5. The van der Waals surface area contributed by atoms with Crippen LogP contribution in [-0.2, 0) is 9.53 Å². The van der Waals surface area contributed by atoms with Gasteiger partial charge in [0.15, 0.2) is 5.78 Å². The third-order valence-corrected chi connectivity index (χ3v) is 3.48. The van der Waals surface area contributed by atoms with E-state index in [1.165, 1.54) is 0 Å². The smallest absolute Gasteiger partial charge is 0.328 e. The van der Waals surface area contributed by atoms with Crippen LogP contribution in [0.2, 0.25) is 0 Å². The van der Waals surface area contributed by atoms with Crippen molar-refractivity contribution in [2.24, 2.45) is 5.92 Å². The number of rotatable bonds is 7. The number of hydrogen-bond acceptors (Lipinski definition) is 4. The van der Waals surface area contributed by atoms with Gasteiger partial charge in [0.2, 0.25) is 0 Å². The maximum absolute atomic E-state index is 12.3. The molecule has 1 N–H and O–H groups in total. The summed E-state index contributed by atoms with van der Waals surface area (Å²) in [5.74, 6) is 0.00381. The number of carbonyl (C=O) groups excluding carboxylic acids is 2. The van der Waals surface area contributed by atoms with Gasteiger partial charge in [-0.3, -0.25) is 4.79 Å². The van der Waals surface area contributed by atoms with Gasteiger partial charge in [-0.2, -0.15) is 0 Å². The topological polar surface area (TPSA) is 55.4 Å². The minimum Gasteiger partial charge on any atom is -0.464 e. The number of nitrogens with one attached hydrogen (secondary N) is 1. The minimum atomic E-state index is -0.445. The quantitative estimate of drug-likeness (QED) is 0.619. The first-order valence-corrected chi connectivity index (χ1v) is 8.10. The van der Waals surface area contributed by atoms with Crippen LogP contribution >= 0.6 is 0 Å². The molecular weight excluding hydrogens is 302 g/mol. The second kappa shape index (κ2) is 8.29. The summed E-state index contributed by atoms with van der Waals surface area (Å²) >= 11 is 0. The Hall–Kier alpha value is -2.62. The Balaban J connectivity index is 1.97. The molecule has 0 aliphatic heterocycles. The summed E-state index contributed by atoms with van der Waals surface area (Å²) in [6.07, 6.45) is 0. The lowest BCUT2D eigenvalue weighted by Crippen LogP contribution is -2.29. The van der Waals surface area contributed by atoms with Crippen LogP contribution in [-0.4, -0.2) is 24.4 Å². The van der Waals surface area contributed by atoms with E-state index in [9.17, 15) is 9.59 Å². The Kier molecular flexibility index (Phi) is 6.13. The van der Waals surface area contributed by atoms with E-state index in [-0.39, 0.29) is 11.8 Å². The van der Waals surface area contributed by atoms with Crippen LogP contribution in [0.15, 0.2) is 54.6 Å². The van der Waals surface area contributed by atoms with Crippen molar-refractivity contribution in [1.29, 1.82) is 0 Å². The normalized spacial score (nSPS) is 11.8. The number of hydrogen-bond donors (Lipinski definition) is 1. The van der Waals surface area contributed by atoms with E-state index in [1.807, 2.05) is 32.0 Å². The molecule has 24 heavy (non-hydrogen) atoms. The highest BCUT2D eigenvalue weighted by atomic mass is 16.5. The van der Waals surface area contributed by atoms with Crippen molar-refractivity contribution in [3.05, 3.63) is 65.7 Å². The molecule has 0 bridgehead atoms. The molecule has 0 aliphatic rings. The lowest BCUT2D eigenvalue weighted by Gasteiger charge is -2.15. The van der Waals surface area contributed by atoms with Crippen LogP contribution < -0.4 is 5.32 Å². The average Bonchev–Trinajstić information content (AvgIpc) is 2.60. The van der Waals surface area contributed by atoms with Crippen LogP contribution in [0.1, 0.15) is 36.7 Å². The van der Waals surface area contributed by atoms with E-state index in [0.29, 0.717) is 23.7 Å². The van der Waals surface area contributed by atoms with E-state index >= 15 is 0 Å². The van der Waals surface area contributed by atoms with Crippen LogP contribution in [0.5, 0.6) is 0 Å². The molecule has 0 radical (unpaired) electrons. The van der Waals surface area contributed by atoms with Gasteiger partial charge in [0.25, 0.3) is 0 Å². The fourth-order valence-corrected chi connectivity index (χ4v) is 2.16. The van der Waals surface area contributed by atoms with E-state index in [4.69, 9.17) is 4.74 Å². The van der Waals surface area contributed by atoms with Crippen LogP contribution in [0.4, 0.5) is 5.69 Å². The predicted octanol–water partition coefficient (Wildman–Crippen LogP) is 3.92. The van der Waals surface area contributed by atoms with Crippen molar-refractivity contribution in [3.8, 4) is 0 Å². The van der Waals surface area contributed by atoms with E-state index < -0.39 is 6.04 Å². The fourth-order valence-electron chi connectivity index (χ4n) is 2.16. The van der Waals surface area contributed by atoms with Gasteiger partial charge in [-0.25, -0.2) is 4.79 Å². The summed E-state index contributed by atoms with van der Waals surface area (Å²) < 4.78 is 5.20. The zero-order chi connectivity index (χ0) is 17.5. The zero-order valence-corrected chi connectivity index (χ0v) is 14.3. The van der Waals surface area contributed by atoms with E-state index in [1.54, 1.807) is 43.3 Å². The molecule has 0 unspecified atom stereocenters. The third-order valence-electron chi connectivity index (χ3n) is 3.48. The van der Waals surface area contributed by atoms with Crippen molar-refractivity contribution in [3.63, 3.8) is 0 Å². The molecule has 4 nitrogen and oxygen atoms in total. The van der Waals surface area contributed by atoms with Crippen molar-refractivity contribution in [2.45, 2.75) is 26.8 Å². The molecule has 0 saturated carbocycles. The third kappa shape index (κ3) is 4.95. The van der Waals surface area contributed by atoms with Gasteiger partial charge in [0, 0.05) is 16.8 Å². The van der Waals surface area contributed by atoms with Gasteiger partial charge in [-0.05, 0) is 37.1 Å². The van der Waals surface area contributed by atoms with Crippen molar-refractivity contribution < 1.29 is 14.3 Å². The summed E-state index contributed by atoms with van der Waals surface area (Å²) in [5, 5.41) is 3.09. The number of benzene rings is 2. The van der Waals surface area contributed by atoms with Crippen LogP contribution in [0.3, 0.4) is 0 Å². The van der Waals surface area contributed by atoms with Crippen LogP contribution in [0.25, 0.3) is 0 Å². The molecule has 0 aliphatic carbocycles. The molecule has 0 aromatic heterocycles. The molecule has 0 amide bonds. The van der Waals surface area contributed by atoms with Gasteiger partial charge in [0.1, 0.15) is 6.04 Å². The number of carbonyl (C=O) groups is 2. The predicted molar refractivity (Wildman–Crippen MR) is 95.2 cm³/mol. The van der Waals surface area contributed by atoms with Gasteiger partial charge < -0.3 is 10.1 Å². The Morgan fingerprint density at radius 1 is 0.917 bits per heavy atom. The molecule has 1 atom stereocenters. The van der Waals surface area contributed by atoms with Gasteiger partial charge in [0.05, 0.1) is 6.61 Å². The number of anilines is 1. The average molecular weight is 325 g/mol. The molecule has 126 valence electrons. The fraction of sp³-hybridized carbons (Fsp3) is 0.300. The summed E-state index contributed by atoms with van der Waals surface area (Å²) in [7, 11) is 0. The van der Waals surface area contributed by atoms with E-state index in [2.05, 4.69) is 5.32 Å². The molecule has 2 aromatic carbocycles. The molecule has 0 saturated heterocycles. The minimum absolute atomic E-state index is 0.0217. The summed E-state index contributed by atoms with van der Waals surface area (Å²) in [6, 6.07) is 15.8. The van der Waals surface area contributed by atoms with Crippen molar-refractivity contribution in [1.82, 2.24) is 0 Å². The molecule has 2 rings (SSSR count). The first kappa shape index (κ1) is 17.7. The standard InChI is InChI=1S/C20H23NO3/c1-14(2)13-24-20(23)15(3)21-18-11-9-17(10-12-18)19(22)16-7-5-4-6-8-16/h4-12,14-15,21H,13H2,1-3H3/t15-/m0/s1.